The first-order valence-corrected chi connectivity index (χ1v) is 13.0. The minimum absolute atomic E-state index is 0.270. The van der Waals surface area contributed by atoms with Crippen molar-refractivity contribution in [3.63, 3.8) is 0 Å². The van der Waals surface area contributed by atoms with E-state index in [1.54, 1.807) is 22.7 Å². The zero-order valence-corrected chi connectivity index (χ0v) is 19.7. The molecule has 0 fully saturated rings. The van der Waals surface area contributed by atoms with E-state index in [4.69, 9.17) is 5.73 Å². The number of fused-ring (bicyclic) bond motifs is 2. The van der Waals surface area contributed by atoms with Crippen LogP contribution in [-0.2, 0) is 16.6 Å². The monoisotopic (exact) mass is 492 g/mol. The van der Waals surface area contributed by atoms with Gasteiger partial charge in [-0.3, -0.25) is 13.9 Å². The number of carbonyl (C=O) groups is 1. The number of pyridine rings is 1. The first-order valence-electron chi connectivity index (χ1n) is 10.3. The number of nitrogens with one attached hydrogen (secondary N) is 2. The van der Waals surface area contributed by atoms with Crippen molar-refractivity contribution in [2.75, 3.05) is 16.7 Å². The summed E-state index contributed by atoms with van der Waals surface area (Å²) in [6, 6.07) is 18.2. The third kappa shape index (κ3) is 4.30. The number of aromatic nitrogens is 3. The molecule has 4 N–H and O–H groups in total. The van der Waals surface area contributed by atoms with Crippen molar-refractivity contribution >= 4 is 54.1 Å². The Hall–Kier alpha value is -3.96. The highest BCUT2D eigenvalue weighted by molar-refractivity contribution is 7.92. The zero-order chi connectivity index (χ0) is 23.9. The number of nitrogens with two attached hydrogens (primary N) is 1. The van der Waals surface area contributed by atoms with Gasteiger partial charge in [0.2, 0.25) is 10.0 Å². The lowest BCUT2D eigenvalue weighted by Gasteiger charge is -2.08. The fourth-order valence-electron chi connectivity index (χ4n) is 3.69. The molecule has 34 heavy (non-hydrogen) atoms. The Morgan fingerprint density at radius 1 is 1.09 bits per heavy atom. The highest BCUT2D eigenvalue weighted by Gasteiger charge is 2.21. The maximum Gasteiger partial charge on any atom is 0.255 e. The summed E-state index contributed by atoms with van der Waals surface area (Å²) >= 11 is 1.39. The molecule has 11 heteroatoms. The second-order valence-electron chi connectivity index (χ2n) is 7.70. The normalized spacial score (nSPS) is 11.7. The van der Waals surface area contributed by atoms with Crippen molar-refractivity contribution in [1.82, 2.24) is 19.7 Å². The summed E-state index contributed by atoms with van der Waals surface area (Å²) in [5, 5.41) is 3.41. The molecule has 2 aromatic carbocycles. The van der Waals surface area contributed by atoms with Crippen molar-refractivity contribution in [2.24, 2.45) is 0 Å². The first kappa shape index (κ1) is 21.9. The van der Waals surface area contributed by atoms with E-state index < -0.39 is 10.0 Å². The van der Waals surface area contributed by atoms with Crippen molar-refractivity contribution in [3.8, 4) is 11.3 Å². The minimum atomic E-state index is -3.59. The van der Waals surface area contributed by atoms with E-state index in [0.717, 1.165) is 27.6 Å². The molecule has 9 nitrogen and oxygen atoms in total. The molecule has 0 saturated heterocycles. The molecular formula is C23H20N6O3S2. The quantitative estimate of drug-likeness (QED) is 0.332. The second-order valence-corrected chi connectivity index (χ2v) is 10.5. The number of benzene rings is 2. The Kier molecular flexibility index (Phi) is 5.42. The summed E-state index contributed by atoms with van der Waals surface area (Å²) in [5.41, 5.74) is 9.32. The number of nitrogen functional groups attached to an aromatic ring is 1. The van der Waals surface area contributed by atoms with Gasteiger partial charge in [-0.15, -0.1) is 0 Å². The van der Waals surface area contributed by atoms with Gasteiger partial charge < -0.3 is 11.1 Å². The van der Waals surface area contributed by atoms with Gasteiger partial charge >= 0.3 is 0 Å². The molecule has 1 amide bonds. The van der Waals surface area contributed by atoms with Crippen LogP contribution in [0, 0.1) is 0 Å². The van der Waals surface area contributed by atoms with Crippen molar-refractivity contribution in [3.05, 3.63) is 78.0 Å². The van der Waals surface area contributed by atoms with E-state index in [-0.39, 0.29) is 11.7 Å². The van der Waals surface area contributed by atoms with Gasteiger partial charge in [-0.2, -0.15) is 0 Å². The molecule has 0 unspecified atom stereocenters. The lowest BCUT2D eigenvalue weighted by Crippen LogP contribution is -2.23. The van der Waals surface area contributed by atoms with Crippen LogP contribution in [-0.4, -0.2) is 34.9 Å². The molecule has 3 heterocycles. The van der Waals surface area contributed by atoms with Crippen LogP contribution in [0.15, 0.2) is 66.9 Å². The predicted molar refractivity (Wildman–Crippen MR) is 134 cm³/mol. The average molecular weight is 493 g/mol. The Morgan fingerprint density at radius 3 is 2.65 bits per heavy atom. The fourth-order valence-corrected chi connectivity index (χ4v) is 5.03. The van der Waals surface area contributed by atoms with Crippen LogP contribution in [0.1, 0.15) is 15.9 Å². The number of thiazole rings is 1. The number of amides is 1. The smallest absolute Gasteiger partial charge is 0.255 e. The molecule has 0 aliphatic heterocycles. The predicted octanol–water partition coefficient (Wildman–Crippen LogP) is 3.49. The summed E-state index contributed by atoms with van der Waals surface area (Å²) in [7, 11) is -3.59. The highest BCUT2D eigenvalue weighted by Crippen LogP contribution is 2.30. The Balaban J connectivity index is 1.50. The number of imidazole rings is 1. The van der Waals surface area contributed by atoms with Gasteiger partial charge in [0, 0.05) is 18.3 Å². The van der Waals surface area contributed by atoms with Gasteiger partial charge in [-0.05, 0) is 29.8 Å². The number of sulfonamides is 1. The Bertz CT molecular complexity index is 1640. The highest BCUT2D eigenvalue weighted by atomic mass is 32.2. The third-order valence-electron chi connectivity index (χ3n) is 5.15. The maximum absolute atomic E-state index is 13.1. The van der Waals surface area contributed by atoms with E-state index in [1.165, 1.54) is 11.3 Å². The first-order chi connectivity index (χ1) is 16.3. The lowest BCUT2D eigenvalue weighted by molar-refractivity contribution is 0.0952. The maximum atomic E-state index is 13.1. The number of hydrogen-bond donors (Lipinski definition) is 3. The summed E-state index contributed by atoms with van der Waals surface area (Å²) < 4.78 is 29.2. The minimum Gasteiger partial charge on any atom is -0.375 e. The Labute approximate surface area is 199 Å². The molecule has 0 aliphatic rings. The SMILES string of the molecule is CS(=O)(=O)Nc1c(-c2ccccc2)nc2c(C(=O)NCc3ccc4nc(N)sc4c3)cccn12. The lowest BCUT2D eigenvalue weighted by atomic mass is 10.1. The largest absolute Gasteiger partial charge is 0.375 e. The fraction of sp³-hybridized carbons (Fsp3) is 0.0870. The second kappa shape index (κ2) is 8.43. The van der Waals surface area contributed by atoms with Crippen molar-refractivity contribution < 1.29 is 13.2 Å². The van der Waals surface area contributed by atoms with Gasteiger partial charge in [-0.1, -0.05) is 47.7 Å². The molecule has 172 valence electrons. The number of anilines is 2. The summed E-state index contributed by atoms with van der Waals surface area (Å²) in [6.07, 6.45) is 2.74. The number of nitrogens with zero attached hydrogens (tertiary/aromatic N) is 3. The van der Waals surface area contributed by atoms with Crippen LogP contribution in [0.2, 0.25) is 0 Å². The molecule has 5 rings (SSSR count). The summed E-state index contributed by atoms with van der Waals surface area (Å²) in [5.74, 6) is -0.0587. The Morgan fingerprint density at radius 2 is 1.88 bits per heavy atom. The number of rotatable bonds is 6. The van der Waals surface area contributed by atoms with E-state index >= 15 is 0 Å². The zero-order valence-electron chi connectivity index (χ0n) is 18.0. The standard InChI is InChI=1S/C23H20N6O3S2/c1-34(31,32)28-21-19(15-6-3-2-4-7-15)27-20-16(8-5-11-29(20)21)22(30)25-13-14-9-10-17-18(12-14)33-23(24)26-17/h2-12,28H,13H2,1H3,(H2,24,26)(H,25,30). The molecular weight excluding hydrogens is 472 g/mol. The van der Waals surface area contributed by atoms with Crippen LogP contribution in [0.25, 0.3) is 27.1 Å². The van der Waals surface area contributed by atoms with Gasteiger partial charge in [0.05, 0.1) is 22.0 Å². The van der Waals surface area contributed by atoms with Crippen molar-refractivity contribution in [2.45, 2.75) is 6.54 Å². The summed E-state index contributed by atoms with van der Waals surface area (Å²) in [6.45, 7) is 0.300. The molecule has 0 aliphatic carbocycles. The number of hydrogen-bond acceptors (Lipinski definition) is 7. The van der Waals surface area contributed by atoms with E-state index in [9.17, 15) is 13.2 Å². The molecule has 0 saturated carbocycles. The summed E-state index contributed by atoms with van der Waals surface area (Å²) in [4.78, 5) is 22.0. The van der Waals surface area contributed by atoms with Crippen LogP contribution in [0.5, 0.6) is 0 Å². The molecule has 0 spiro atoms. The van der Waals surface area contributed by atoms with Gasteiger partial charge in [-0.25, -0.2) is 18.4 Å². The molecule has 0 bridgehead atoms. The van der Waals surface area contributed by atoms with Crippen LogP contribution < -0.4 is 15.8 Å². The van der Waals surface area contributed by atoms with E-state index in [1.807, 2.05) is 48.5 Å². The van der Waals surface area contributed by atoms with Gasteiger partial charge in [0.15, 0.2) is 16.6 Å². The van der Waals surface area contributed by atoms with Gasteiger partial charge in [0.1, 0.15) is 5.69 Å². The molecule has 0 atom stereocenters. The topological polar surface area (TPSA) is 131 Å². The number of carbonyl (C=O) groups excluding carboxylic acids is 1. The average Bonchev–Trinajstić information content (AvgIpc) is 3.36. The molecule has 0 radical (unpaired) electrons. The van der Waals surface area contributed by atoms with Crippen molar-refractivity contribution in [1.29, 1.82) is 0 Å². The van der Waals surface area contributed by atoms with E-state index in [2.05, 4.69) is 20.0 Å². The molecule has 3 aromatic heterocycles. The van der Waals surface area contributed by atoms with Gasteiger partial charge in [0.25, 0.3) is 5.91 Å². The van der Waals surface area contributed by atoms with Crippen LogP contribution >= 0.6 is 11.3 Å². The van der Waals surface area contributed by atoms with Crippen LogP contribution in [0.4, 0.5) is 10.9 Å². The van der Waals surface area contributed by atoms with E-state index in [0.29, 0.717) is 28.6 Å². The third-order valence-corrected chi connectivity index (χ3v) is 6.56. The van der Waals surface area contributed by atoms with Crippen LogP contribution in [0.3, 0.4) is 0 Å². The molecule has 5 aromatic rings.